The number of aryl methyl sites for hydroxylation is 1. The van der Waals surface area contributed by atoms with Crippen LogP contribution in [0.2, 0.25) is 0 Å². The monoisotopic (exact) mass is 484 g/mol. The van der Waals surface area contributed by atoms with Crippen molar-refractivity contribution in [1.82, 2.24) is 15.1 Å². The first kappa shape index (κ1) is 19.5. The fraction of sp³-hybridized carbons (Fsp3) is 0.200. The van der Waals surface area contributed by atoms with E-state index in [9.17, 15) is 14.0 Å². The molecule has 2 aliphatic rings. The molecule has 0 aliphatic carbocycles. The van der Waals surface area contributed by atoms with Crippen molar-refractivity contribution in [2.24, 2.45) is 10.3 Å². The molecular formula is C20H14BrFN6O3. The molecule has 0 saturated carbocycles. The largest absolute Gasteiger partial charge is 0.337 e. The summed E-state index contributed by atoms with van der Waals surface area (Å²) in [6, 6.07) is 9.65. The Bertz CT molecular complexity index is 1230. The molecule has 2 aliphatic heterocycles. The fourth-order valence-corrected chi connectivity index (χ4v) is 3.77. The molecule has 31 heavy (non-hydrogen) atoms. The van der Waals surface area contributed by atoms with Crippen molar-refractivity contribution in [2.45, 2.75) is 25.6 Å². The summed E-state index contributed by atoms with van der Waals surface area (Å²) in [5.74, 6) is -0.972. The lowest BCUT2D eigenvalue weighted by molar-refractivity contribution is -0.123. The summed E-state index contributed by atoms with van der Waals surface area (Å²) in [6.45, 7) is 1.60. The van der Waals surface area contributed by atoms with Gasteiger partial charge in [-0.2, -0.15) is 10.1 Å². The molecule has 0 radical (unpaired) electrons. The first-order valence-electron chi connectivity index (χ1n) is 9.32. The van der Waals surface area contributed by atoms with Crippen LogP contribution in [-0.4, -0.2) is 39.0 Å². The molecule has 1 saturated heterocycles. The van der Waals surface area contributed by atoms with Gasteiger partial charge in [-0.15, -0.1) is 0 Å². The summed E-state index contributed by atoms with van der Waals surface area (Å²) in [5.41, 5.74) is 1.35. The Morgan fingerprint density at radius 1 is 1.13 bits per heavy atom. The smallest absolute Gasteiger partial charge is 0.263 e. The molecule has 0 bridgehead atoms. The number of hydrogen-bond acceptors (Lipinski definition) is 8. The molecule has 1 aromatic heterocycles. The molecule has 2 aromatic carbocycles. The fourth-order valence-electron chi connectivity index (χ4n) is 3.50. The van der Waals surface area contributed by atoms with Gasteiger partial charge in [0.15, 0.2) is 12.1 Å². The molecule has 2 amide bonds. The van der Waals surface area contributed by atoms with Crippen molar-refractivity contribution in [3.05, 3.63) is 64.2 Å². The normalized spacial score (nSPS) is 20.1. The number of nitrogens with zero attached hydrogens (tertiary/aromatic N) is 6. The van der Waals surface area contributed by atoms with E-state index < -0.39 is 29.7 Å². The van der Waals surface area contributed by atoms with Gasteiger partial charge < -0.3 is 4.52 Å². The SMILES string of the molecule is Cc1ccc(N2C(=O)[C@@H]3N=NN(Cc4nc(-c5ccc(Br)cc5)no4)[C@H]3C2=O)cc1F. The number of carbonyl (C=O) groups excluding carboxylic acids is 2. The topological polar surface area (TPSA) is 104 Å². The van der Waals surface area contributed by atoms with Crippen molar-refractivity contribution in [3.63, 3.8) is 0 Å². The number of imide groups is 1. The van der Waals surface area contributed by atoms with E-state index in [4.69, 9.17) is 4.52 Å². The maximum Gasteiger partial charge on any atom is 0.263 e. The average molecular weight is 485 g/mol. The summed E-state index contributed by atoms with van der Waals surface area (Å²) in [5, 5.41) is 13.2. The third kappa shape index (κ3) is 3.30. The highest BCUT2D eigenvalue weighted by Crippen LogP contribution is 2.33. The van der Waals surface area contributed by atoms with Crippen LogP contribution < -0.4 is 4.90 Å². The van der Waals surface area contributed by atoms with Crippen LogP contribution >= 0.6 is 15.9 Å². The van der Waals surface area contributed by atoms with Gasteiger partial charge in [0, 0.05) is 10.0 Å². The van der Waals surface area contributed by atoms with Crippen LogP contribution in [0.15, 0.2) is 61.8 Å². The van der Waals surface area contributed by atoms with Crippen LogP contribution in [0.5, 0.6) is 0 Å². The van der Waals surface area contributed by atoms with Gasteiger partial charge in [0.05, 0.1) is 5.69 Å². The Hall–Kier alpha value is -3.47. The van der Waals surface area contributed by atoms with Gasteiger partial charge in [0.1, 0.15) is 12.4 Å². The number of rotatable bonds is 4. The highest BCUT2D eigenvalue weighted by molar-refractivity contribution is 9.10. The van der Waals surface area contributed by atoms with E-state index in [1.165, 1.54) is 17.1 Å². The number of fused-ring (bicyclic) bond motifs is 1. The predicted octanol–water partition coefficient (Wildman–Crippen LogP) is 3.44. The average Bonchev–Trinajstić information content (AvgIpc) is 3.44. The number of carbonyl (C=O) groups is 2. The second-order valence-corrected chi connectivity index (χ2v) is 8.07. The first-order valence-corrected chi connectivity index (χ1v) is 10.1. The minimum Gasteiger partial charge on any atom is -0.337 e. The predicted molar refractivity (Wildman–Crippen MR) is 109 cm³/mol. The third-order valence-corrected chi connectivity index (χ3v) is 5.67. The number of aromatic nitrogens is 2. The van der Waals surface area contributed by atoms with Gasteiger partial charge in [0.25, 0.3) is 11.8 Å². The zero-order valence-electron chi connectivity index (χ0n) is 16.1. The summed E-state index contributed by atoms with van der Waals surface area (Å²) >= 11 is 3.37. The van der Waals surface area contributed by atoms with Crippen molar-refractivity contribution in [2.75, 3.05) is 4.90 Å². The standard InChI is InChI=1S/C20H14BrFN6O3/c1-10-2-7-13(8-14(10)22)28-19(29)16-17(20(28)30)27(26-24-16)9-15-23-18(25-31-15)11-3-5-12(21)6-4-11/h2-8,16-17H,9H2,1H3/t16-,17-/m1/s1. The first-order chi connectivity index (χ1) is 14.9. The number of anilines is 1. The molecule has 3 aromatic rings. The number of benzene rings is 2. The molecule has 9 nitrogen and oxygen atoms in total. The molecule has 3 heterocycles. The minimum absolute atomic E-state index is 0.00329. The van der Waals surface area contributed by atoms with E-state index in [2.05, 4.69) is 36.4 Å². The highest BCUT2D eigenvalue weighted by atomic mass is 79.9. The highest BCUT2D eigenvalue weighted by Gasteiger charge is 2.55. The summed E-state index contributed by atoms with van der Waals surface area (Å²) in [4.78, 5) is 31.0. The second kappa shape index (κ2) is 7.34. The molecule has 0 N–H and O–H groups in total. The van der Waals surface area contributed by atoms with E-state index in [1.54, 1.807) is 6.92 Å². The van der Waals surface area contributed by atoms with Crippen LogP contribution in [-0.2, 0) is 16.1 Å². The lowest BCUT2D eigenvalue weighted by atomic mass is 10.1. The number of halogens is 2. The van der Waals surface area contributed by atoms with Gasteiger partial charge in [0.2, 0.25) is 11.7 Å². The molecule has 5 rings (SSSR count). The van der Waals surface area contributed by atoms with Crippen LogP contribution in [0.25, 0.3) is 11.4 Å². The number of amides is 2. The van der Waals surface area contributed by atoms with Crippen molar-refractivity contribution in [1.29, 1.82) is 0 Å². The second-order valence-electron chi connectivity index (χ2n) is 7.16. The van der Waals surface area contributed by atoms with Crippen LogP contribution in [0.1, 0.15) is 11.5 Å². The van der Waals surface area contributed by atoms with E-state index in [-0.39, 0.29) is 18.1 Å². The molecule has 11 heteroatoms. The Kier molecular flexibility index (Phi) is 4.62. The lowest BCUT2D eigenvalue weighted by Gasteiger charge is -2.19. The van der Waals surface area contributed by atoms with Gasteiger partial charge in [-0.25, -0.2) is 9.29 Å². The van der Waals surface area contributed by atoms with Crippen LogP contribution in [0.4, 0.5) is 10.1 Å². The van der Waals surface area contributed by atoms with E-state index >= 15 is 0 Å². The van der Waals surface area contributed by atoms with Crippen molar-refractivity contribution in [3.8, 4) is 11.4 Å². The van der Waals surface area contributed by atoms with Gasteiger partial charge >= 0.3 is 0 Å². The summed E-state index contributed by atoms with van der Waals surface area (Å²) in [7, 11) is 0. The Morgan fingerprint density at radius 3 is 2.65 bits per heavy atom. The Labute approximate surface area is 183 Å². The maximum atomic E-state index is 14.0. The van der Waals surface area contributed by atoms with Crippen LogP contribution in [0, 0.1) is 12.7 Å². The van der Waals surface area contributed by atoms with Crippen molar-refractivity contribution < 1.29 is 18.5 Å². The summed E-state index contributed by atoms with van der Waals surface area (Å²) in [6.07, 6.45) is 0. The van der Waals surface area contributed by atoms with Gasteiger partial charge in [-0.3, -0.25) is 14.6 Å². The van der Waals surface area contributed by atoms with E-state index in [1.807, 2.05) is 24.3 Å². The lowest BCUT2D eigenvalue weighted by Crippen LogP contribution is -2.39. The molecule has 0 spiro atoms. The van der Waals surface area contributed by atoms with Crippen molar-refractivity contribution >= 4 is 33.4 Å². The van der Waals surface area contributed by atoms with E-state index in [0.29, 0.717) is 11.4 Å². The Morgan fingerprint density at radius 2 is 1.90 bits per heavy atom. The number of hydrogen-bond donors (Lipinski definition) is 0. The Balaban J connectivity index is 1.36. The molecule has 2 atom stereocenters. The zero-order valence-corrected chi connectivity index (χ0v) is 17.7. The van der Waals surface area contributed by atoms with Gasteiger partial charge in [-0.1, -0.05) is 32.4 Å². The third-order valence-electron chi connectivity index (χ3n) is 5.14. The zero-order chi connectivity index (χ0) is 21.7. The maximum absolute atomic E-state index is 14.0. The molecular weight excluding hydrogens is 471 g/mol. The molecule has 0 unspecified atom stereocenters. The quantitative estimate of drug-likeness (QED) is 0.525. The minimum atomic E-state index is -0.995. The molecule has 1 fully saturated rings. The van der Waals surface area contributed by atoms with Gasteiger partial charge in [-0.05, 0) is 48.9 Å². The molecule has 156 valence electrons. The van der Waals surface area contributed by atoms with Crippen LogP contribution in [0.3, 0.4) is 0 Å². The van der Waals surface area contributed by atoms with E-state index in [0.717, 1.165) is 21.0 Å². The summed E-state index contributed by atoms with van der Waals surface area (Å²) < 4.78 is 20.2.